The molecular weight excluding hydrogens is 282 g/mol. The van der Waals surface area contributed by atoms with E-state index < -0.39 is 0 Å². The van der Waals surface area contributed by atoms with Gasteiger partial charge in [-0.25, -0.2) is 0 Å². The fourth-order valence-electron chi connectivity index (χ4n) is 3.66. The van der Waals surface area contributed by atoms with Gasteiger partial charge in [-0.1, -0.05) is 20.8 Å². The zero-order valence-electron chi connectivity index (χ0n) is 15.0. The van der Waals surface area contributed by atoms with Crippen LogP contribution in [-0.4, -0.2) is 42.7 Å². The highest BCUT2D eigenvalue weighted by Gasteiger charge is 2.27. The predicted octanol–water partition coefficient (Wildman–Crippen LogP) is 4.03. The quantitative estimate of drug-likeness (QED) is 0.830. The van der Waals surface area contributed by atoms with Gasteiger partial charge in [-0.15, -0.1) is 0 Å². The van der Waals surface area contributed by atoms with E-state index in [1.165, 1.54) is 35.0 Å². The van der Waals surface area contributed by atoms with E-state index in [2.05, 4.69) is 66.6 Å². The molecule has 1 aromatic heterocycles. The average molecular weight is 311 g/mol. The second-order valence-electron chi connectivity index (χ2n) is 8.42. The van der Waals surface area contributed by atoms with Crippen molar-refractivity contribution in [2.75, 3.05) is 38.1 Å². The van der Waals surface area contributed by atoms with Crippen molar-refractivity contribution in [3.05, 3.63) is 30.0 Å². The topological polar surface area (TPSA) is 11.4 Å². The molecular formula is C20H29N3. The Morgan fingerprint density at radius 1 is 1.00 bits per heavy atom. The number of likely N-dealkylation sites (N-methyl/N-ethyl adjacent to an activating group) is 1. The molecule has 0 atom stereocenters. The van der Waals surface area contributed by atoms with Crippen LogP contribution in [0.2, 0.25) is 0 Å². The van der Waals surface area contributed by atoms with Crippen LogP contribution in [0.15, 0.2) is 24.4 Å². The lowest BCUT2D eigenvalue weighted by molar-refractivity contribution is 0.313. The summed E-state index contributed by atoms with van der Waals surface area (Å²) in [5, 5.41) is 1.44. The van der Waals surface area contributed by atoms with E-state index in [0.29, 0.717) is 0 Å². The van der Waals surface area contributed by atoms with Crippen LogP contribution >= 0.6 is 0 Å². The normalized spacial score (nSPS) is 20.4. The summed E-state index contributed by atoms with van der Waals surface area (Å²) < 4.78 is 2.52. The Balaban J connectivity index is 1.84. The number of piperazine rings is 1. The molecule has 2 aromatic rings. The third-order valence-corrected chi connectivity index (χ3v) is 5.47. The number of hydrogen-bond acceptors (Lipinski definition) is 2. The molecule has 0 amide bonds. The van der Waals surface area contributed by atoms with Gasteiger partial charge in [0, 0.05) is 49.5 Å². The van der Waals surface area contributed by atoms with Crippen molar-refractivity contribution in [3.8, 4) is 0 Å². The Bertz CT molecular complexity index is 710. The van der Waals surface area contributed by atoms with Gasteiger partial charge in [0.05, 0.1) is 5.52 Å². The van der Waals surface area contributed by atoms with Crippen LogP contribution in [0.3, 0.4) is 0 Å². The molecule has 0 unspecified atom stereocenters. The van der Waals surface area contributed by atoms with Crippen LogP contribution in [0.25, 0.3) is 10.9 Å². The van der Waals surface area contributed by atoms with E-state index in [9.17, 15) is 0 Å². The van der Waals surface area contributed by atoms with E-state index >= 15 is 0 Å². The molecule has 1 aliphatic heterocycles. The maximum atomic E-state index is 2.59. The highest BCUT2D eigenvalue weighted by Crippen LogP contribution is 2.41. The minimum Gasteiger partial charge on any atom is -0.368 e. The summed E-state index contributed by atoms with van der Waals surface area (Å²) in [7, 11) is 2.22. The lowest BCUT2D eigenvalue weighted by atomic mass is 9.86. The average Bonchev–Trinajstić information content (AvgIpc) is 3.25. The second-order valence-corrected chi connectivity index (χ2v) is 8.42. The fraction of sp³-hybridized carbons (Fsp3) is 0.600. The van der Waals surface area contributed by atoms with Crippen molar-refractivity contribution >= 4 is 16.6 Å². The first-order chi connectivity index (χ1) is 10.9. The largest absolute Gasteiger partial charge is 0.368 e. The van der Waals surface area contributed by atoms with Crippen LogP contribution in [-0.2, 0) is 5.41 Å². The maximum Gasteiger partial charge on any atom is 0.0506 e. The van der Waals surface area contributed by atoms with Crippen molar-refractivity contribution in [1.82, 2.24) is 9.47 Å². The van der Waals surface area contributed by atoms with Crippen molar-refractivity contribution in [2.45, 2.75) is 45.1 Å². The number of hydrogen-bond donors (Lipinski definition) is 0. The molecule has 3 nitrogen and oxygen atoms in total. The Labute approximate surface area is 139 Å². The van der Waals surface area contributed by atoms with Crippen LogP contribution < -0.4 is 4.90 Å². The fourth-order valence-corrected chi connectivity index (χ4v) is 3.66. The molecule has 23 heavy (non-hydrogen) atoms. The molecule has 1 aromatic carbocycles. The van der Waals surface area contributed by atoms with E-state index in [0.717, 1.165) is 32.2 Å². The number of anilines is 1. The molecule has 2 aliphatic rings. The van der Waals surface area contributed by atoms with Crippen LogP contribution in [0.1, 0.15) is 45.2 Å². The number of rotatable bonds is 2. The molecule has 1 saturated heterocycles. The van der Waals surface area contributed by atoms with Crippen molar-refractivity contribution in [3.63, 3.8) is 0 Å². The summed E-state index contributed by atoms with van der Waals surface area (Å²) in [5.74, 6) is 0. The summed E-state index contributed by atoms with van der Waals surface area (Å²) >= 11 is 0. The SMILES string of the molecule is CN1CCN(c2cc(C(C)(C)C)cc3c2ccn3C2CC2)CC1. The molecule has 2 fully saturated rings. The number of nitrogens with zero attached hydrogens (tertiary/aromatic N) is 3. The lowest BCUT2D eigenvalue weighted by Gasteiger charge is -2.35. The Kier molecular flexibility index (Phi) is 3.45. The molecule has 3 heteroatoms. The highest BCUT2D eigenvalue weighted by atomic mass is 15.2. The van der Waals surface area contributed by atoms with Crippen molar-refractivity contribution in [2.24, 2.45) is 0 Å². The van der Waals surface area contributed by atoms with Crippen LogP contribution in [0.5, 0.6) is 0 Å². The molecule has 2 heterocycles. The maximum absolute atomic E-state index is 2.59. The van der Waals surface area contributed by atoms with Gasteiger partial charge >= 0.3 is 0 Å². The van der Waals surface area contributed by atoms with E-state index in [1.54, 1.807) is 0 Å². The number of fused-ring (bicyclic) bond motifs is 1. The first-order valence-corrected chi connectivity index (χ1v) is 9.02. The van der Waals surface area contributed by atoms with Gasteiger partial charge in [0.2, 0.25) is 0 Å². The standard InChI is InChI=1S/C20H29N3/c1-20(2,3)15-13-18(22-11-9-21(4)10-12-22)17-7-8-23(16-5-6-16)19(17)14-15/h7-8,13-14,16H,5-6,9-12H2,1-4H3. The Morgan fingerprint density at radius 3 is 2.30 bits per heavy atom. The van der Waals surface area contributed by atoms with Gasteiger partial charge in [-0.3, -0.25) is 0 Å². The number of benzene rings is 1. The van der Waals surface area contributed by atoms with Gasteiger partial charge in [0.25, 0.3) is 0 Å². The van der Waals surface area contributed by atoms with Gasteiger partial charge in [-0.05, 0) is 49.1 Å². The summed E-state index contributed by atoms with van der Waals surface area (Å²) in [6.07, 6.45) is 5.00. The van der Waals surface area contributed by atoms with E-state index in [4.69, 9.17) is 0 Å². The molecule has 124 valence electrons. The van der Waals surface area contributed by atoms with Crippen LogP contribution in [0.4, 0.5) is 5.69 Å². The number of aromatic nitrogens is 1. The Hall–Kier alpha value is -1.48. The highest BCUT2D eigenvalue weighted by molar-refractivity contribution is 5.94. The van der Waals surface area contributed by atoms with E-state index in [-0.39, 0.29) is 5.41 Å². The van der Waals surface area contributed by atoms with Gasteiger partial charge in [0.1, 0.15) is 0 Å². The summed E-state index contributed by atoms with van der Waals surface area (Å²) in [6, 6.07) is 7.97. The minimum absolute atomic E-state index is 0.189. The van der Waals surface area contributed by atoms with Crippen LogP contribution in [0, 0.1) is 0 Å². The molecule has 0 spiro atoms. The first kappa shape index (κ1) is 15.1. The molecule has 4 rings (SSSR count). The molecule has 0 radical (unpaired) electrons. The Morgan fingerprint density at radius 2 is 1.70 bits per heavy atom. The molecule has 1 saturated carbocycles. The summed E-state index contributed by atoms with van der Waals surface area (Å²) in [5.41, 5.74) is 4.53. The predicted molar refractivity (Wildman–Crippen MR) is 98.6 cm³/mol. The smallest absolute Gasteiger partial charge is 0.0506 e. The third kappa shape index (κ3) is 2.76. The zero-order chi connectivity index (χ0) is 16.2. The van der Waals surface area contributed by atoms with E-state index in [1.807, 2.05) is 0 Å². The second kappa shape index (κ2) is 5.27. The van der Waals surface area contributed by atoms with Gasteiger partial charge in [0.15, 0.2) is 0 Å². The van der Waals surface area contributed by atoms with Crippen molar-refractivity contribution in [1.29, 1.82) is 0 Å². The van der Waals surface area contributed by atoms with Crippen molar-refractivity contribution < 1.29 is 0 Å². The van der Waals surface area contributed by atoms with Gasteiger partial charge < -0.3 is 14.4 Å². The summed E-state index contributed by atoms with van der Waals surface area (Å²) in [6.45, 7) is 11.6. The minimum atomic E-state index is 0.189. The zero-order valence-corrected chi connectivity index (χ0v) is 15.0. The monoisotopic (exact) mass is 311 g/mol. The first-order valence-electron chi connectivity index (χ1n) is 9.02. The molecule has 0 bridgehead atoms. The third-order valence-electron chi connectivity index (χ3n) is 5.47. The summed E-state index contributed by atoms with van der Waals surface area (Å²) in [4.78, 5) is 5.02. The van der Waals surface area contributed by atoms with Gasteiger partial charge in [-0.2, -0.15) is 0 Å². The molecule has 1 aliphatic carbocycles. The lowest BCUT2D eigenvalue weighted by Crippen LogP contribution is -2.44. The molecule has 0 N–H and O–H groups in total.